The molecule has 0 N–H and O–H groups in total. The van der Waals surface area contributed by atoms with Crippen molar-refractivity contribution >= 4 is 5.78 Å². The van der Waals surface area contributed by atoms with Crippen molar-refractivity contribution in [2.24, 2.45) is 0 Å². The molecule has 0 bridgehead atoms. The van der Waals surface area contributed by atoms with Crippen LogP contribution in [-0.4, -0.2) is 5.78 Å². The normalized spacial score (nSPS) is 7.44. The fourth-order valence-corrected chi connectivity index (χ4v) is 0.367. The molecule has 0 heterocycles. The van der Waals surface area contributed by atoms with Gasteiger partial charge in [0.2, 0.25) is 0 Å². The smallest absolute Gasteiger partial charge is 0 e. The molecule has 0 aliphatic rings. The second kappa shape index (κ2) is 6.63. The van der Waals surface area contributed by atoms with Crippen LogP contribution < -0.4 is 0 Å². The molecular weight excluding hydrogens is 189 g/mol. The molecule has 0 spiro atoms. The SMILES string of the molecule is CCC(=O)[C-]=C(C)C.[Y]. The topological polar surface area (TPSA) is 17.1 Å². The Kier molecular flexibility index (Phi) is 9.00. The van der Waals surface area contributed by atoms with E-state index in [0.29, 0.717) is 6.42 Å². The van der Waals surface area contributed by atoms with Gasteiger partial charge >= 0.3 is 0 Å². The van der Waals surface area contributed by atoms with Crippen LogP contribution in [0.4, 0.5) is 0 Å². The van der Waals surface area contributed by atoms with Crippen LogP contribution in [0.15, 0.2) is 5.57 Å². The van der Waals surface area contributed by atoms with Crippen LogP contribution in [0.25, 0.3) is 0 Å². The summed E-state index contributed by atoms with van der Waals surface area (Å²) in [7, 11) is 0. The van der Waals surface area contributed by atoms with E-state index in [1.54, 1.807) is 0 Å². The molecule has 0 aliphatic heterocycles. The van der Waals surface area contributed by atoms with E-state index in [9.17, 15) is 4.79 Å². The van der Waals surface area contributed by atoms with E-state index >= 15 is 0 Å². The summed E-state index contributed by atoms with van der Waals surface area (Å²) >= 11 is 0. The third-order valence-corrected chi connectivity index (χ3v) is 0.711. The van der Waals surface area contributed by atoms with Gasteiger partial charge < -0.3 is 10.9 Å². The molecule has 0 atom stereocenters. The standard InChI is InChI=1S/C7H11O.Y/c1-4-7(8)5-6(2)3;/h4H2,1-3H3;/q-1;. The molecule has 0 aromatic rings. The summed E-state index contributed by atoms with van der Waals surface area (Å²) in [6, 6.07) is 0. The Morgan fingerprint density at radius 3 is 2.00 bits per heavy atom. The third kappa shape index (κ3) is 8.51. The number of hydrogen-bond donors (Lipinski definition) is 0. The van der Waals surface area contributed by atoms with E-state index in [0.717, 1.165) is 5.57 Å². The first-order valence-corrected chi connectivity index (χ1v) is 2.76. The van der Waals surface area contributed by atoms with Crippen LogP contribution >= 0.6 is 0 Å². The number of carbonyl (C=O) groups is 1. The molecule has 0 fully saturated rings. The predicted octanol–water partition coefficient (Wildman–Crippen LogP) is 1.73. The Morgan fingerprint density at radius 1 is 1.44 bits per heavy atom. The molecule has 0 amide bonds. The molecular formula is C7H11OY-. The molecule has 9 heavy (non-hydrogen) atoms. The fourth-order valence-electron chi connectivity index (χ4n) is 0.367. The largest absolute Gasteiger partial charge is 0.428 e. The van der Waals surface area contributed by atoms with Crippen molar-refractivity contribution in [3.8, 4) is 0 Å². The minimum atomic E-state index is 0. The molecule has 1 nitrogen and oxygen atoms in total. The molecule has 1 radical (unpaired) electrons. The number of carbonyl (C=O) groups excluding carboxylic acids is 1. The first kappa shape index (κ1) is 12.2. The molecule has 0 aromatic heterocycles. The minimum absolute atomic E-state index is 0. The number of allylic oxidation sites excluding steroid dienone is 2. The van der Waals surface area contributed by atoms with Crippen molar-refractivity contribution in [3.63, 3.8) is 0 Å². The predicted molar refractivity (Wildman–Crippen MR) is 33.4 cm³/mol. The minimum Gasteiger partial charge on any atom is -0.428 e. The van der Waals surface area contributed by atoms with Gasteiger partial charge in [-0.2, -0.15) is 0 Å². The van der Waals surface area contributed by atoms with Gasteiger partial charge in [0.05, 0.1) is 0 Å². The quantitative estimate of drug-likeness (QED) is 0.490. The average Bonchev–Trinajstić information content (AvgIpc) is 1.65. The summed E-state index contributed by atoms with van der Waals surface area (Å²) in [4.78, 5) is 10.5. The molecule has 0 saturated heterocycles. The Morgan fingerprint density at radius 2 is 1.89 bits per heavy atom. The monoisotopic (exact) mass is 200 g/mol. The molecule has 0 rings (SSSR count). The van der Waals surface area contributed by atoms with Crippen molar-refractivity contribution in [1.29, 1.82) is 0 Å². The van der Waals surface area contributed by atoms with Crippen LogP contribution in [0, 0.1) is 6.08 Å². The first-order chi connectivity index (χ1) is 3.66. The first-order valence-electron chi connectivity index (χ1n) is 2.76. The van der Waals surface area contributed by atoms with Gasteiger partial charge in [-0.15, -0.1) is 0 Å². The van der Waals surface area contributed by atoms with Crippen LogP contribution in [0.3, 0.4) is 0 Å². The van der Waals surface area contributed by atoms with Gasteiger partial charge in [-0.05, 0) is 12.2 Å². The average molecular weight is 200 g/mol. The summed E-state index contributed by atoms with van der Waals surface area (Å²) in [6.45, 7) is 5.57. The van der Waals surface area contributed by atoms with Crippen LogP contribution in [0.5, 0.6) is 0 Å². The maximum absolute atomic E-state index is 10.5. The van der Waals surface area contributed by atoms with Gasteiger partial charge in [0.15, 0.2) is 0 Å². The second-order valence-corrected chi connectivity index (χ2v) is 1.90. The Bertz CT molecular complexity index is 112. The number of rotatable bonds is 2. The maximum atomic E-state index is 10.5. The van der Waals surface area contributed by atoms with Gasteiger partial charge in [0, 0.05) is 32.7 Å². The van der Waals surface area contributed by atoms with E-state index < -0.39 is 0 Å². The summed E-state index contributed by atoms with van der Waals surface area (Å²) in [5.74, 6) is 0.0880. The second-order valence-electron chi connectivity index (χ2n) is 1.90. The van der Waals surface area contributed by atoms with Gasteiger partial charge in [-0.1, -0.05) is 20.8 Å². The molecule has 0 saturated carbocycles. The number of hydrogen-bond acceptors (Lipinski definition) is 1. The van der Waals surface area contributed by atoms with E-state index in [1.165, 1.54) is 0 Å². The van der Waals surface area contributed by atoms with Crippen molar-refractivity contribution in [2.45, 2.75) is 27.2 Å². The van der Waals surface area contributed by atoms with Crippen molar-refractivity contribution in [1.82, 2.24) is 0 Å². The van der Waals surface area contributed by atoms with E-state index in [-0.39, 0.29) is 38.5 Å². The van der Waals surface area contributed by atoms with Crippen molar-refractivity contribution in [2.75, 3.05) is 0 Å². The summed E-state index contributed by atoms with van der Waals surface area (Å²) in [6.07, 6.45) is 3.23. The maximum Gasteiger partial charge on any atom is 0 e. The molecule has 0 aromatic carbocycles. The molecule has 0 unspecified atom stereocenters. The zero-order chi connectivity index (χ0) is 6.57. The summed E-state index contributed by atoms with van der Waals surface area (Å²) < 4.78 is 0. The Balaban J connectivity index is 0. The van der Waals surface area contributed by atoms with E-state index in [1.807, 2.05) is 20.8 Å². The van der Waals surface area contributed by atoms with Gasteiger partial charge in [-0.25, -0.2) is 0 Å². The van der Waals surface area contributed by atoms with E-state index in [4.69, 9.17) is 0 Å². The molecule has 49 valence electrons. The Labute approximate surface area is 81.8 Å². The van der Waals surface area contributed by atoms with Crippen molar-refractivity contribution < 1.29 is 37.5 Å². The molecule has 2 heteroatoms. The zero-order valence-corrected chi connectivity index (χ0v) is 9.03. The summed E-state index contributed by atoms with van der Waals surface area (Å²) in [5.41, 5.74) is 0.955. The Hall–Kier alpha value is 0.514. The van der Waals surface area contributed by atoms with Crippen LogP contribution in [0.1, 0.15) is 27.2 Å². The summed E-state index contributed by atoms with van der Waals surface area (Å²) in [5, 5.41) is 0. The van der Waals surface area contributed by atoms with Crippen LogP contribution in [-0.2, 0) is 37.5 Å². The van der Waals surface area contributed by atoms with E-state index in [2.05, 4.69) is 6.08 Å². The van der Waals surface area contributed by atoms with Gasteiger partial charge in [-0.3, -0.25) is 5.57 Å². The van der Waals surface area contributed by atoms with Crippen molar-refractivity contribution in [3.05, 3.63) is 11.6 Å². The van der Waals surface area contributed by atoms with Crippen LogP contribution in [0.2, 0.25) is 0 Å². The fraction of sp³-hybridized carbons (Fsp3) is 0.571. The molecule has 0 aliphatic carbocycles. The van der Waals surface area contributed by atoms with Gasteiger partial charge in [0.1, 0.15) is 0 Å². The van der Waals surface area contributed by atoms with Gasteiger partial charge in [0.25, 0.3) is 0 Å². The number of Topliss-reactive ketones (excluding diaryl/α,β-unsaturated/α-hetero) is 1. The number of ketones is 1. The zero-order valence-electron chi connectivity index (χ0n) is 6.19. The third-order valence-electron chi connectivity index (χ3n) is 0.711.